The summed E-state index contributed by atoms with van der Waals surface area (Å²) in [7, 11) is 1.62. The molecule has 3 rings (SSSR count). The molecule has 0 N–H and O–H groups in total. The minimum absolute atomic E-state index is 0.196. The van der Waals surface area contributed by atoms with Crippen molar-refractivity contribution in [2.75, 3.05) is 18.5 Å². The van der Waals surface area contributed by atoms with Crippen molar-refractivity contribution in [1.29, 1.82) is 0 Å². The largest absolute Gasteiger partial charge is 0.423 e. The maximum Gasteiger partial charge on any atom is 0.299 e. The van der Waals surface area contributed by atoms with E-state index in [0.29, 0.717) is 5.76 Å². The molecular formula is C16H16N2O2S. The van der Waals surface area contributed by atoms with Crippen LogP contribution in [0.2, 0.25) is 0 Å². The predicted molar refractivity (Wildman–Crippen MR) is 86.7 cm³/mol. The first-order valence-electron chi connectivity index (χ1n) is 6.83. The summed E-state index contributed by atoms with van der Waals surface area (Å²) in [5, 5.41) is 0.196. The van der Waals surface area contributed by atoms with E-state index < -0.39 is 0 Å². The number of benzene rings is 1. The number of amides is 1. The number of carbonyl (C=O) groups is 1. The highest BCUT2D eigenvalue weighted by atomic mass is 32.1. The molecule has 0 radical (unpaired) electrons. The predicted octanol–water partition coefficient (Wildman–Crippen LogP) is 2.83. The maximum atomic E-state index is 12.2. The van der Waals surface area contributed by atoms with Gasteiger partial charge in [-0.05, 0) is 49.8 Å². The van der Waals surface area contributed by atoms with Crippen LogP contribution in [-0.2, 0) is 9.53 Å². The zero-order valence-corrected chi connectivity index (χ0v) is 13.0. The molecule has 0 saturated carbocycles. The van der Waals surface area contributed by atoms with E-state index in [-0.39, 0.29) is 11.1 Å². The Balaban J connectivity index is 2.13. The summed E-state index contributed by atoms with van der Waals surface area (Å²) in [4.78, 5) is 15.7. The van der Waals surface area contributed by atoms with E-state index in [1.165, 1.54) is 10.5 Å². The molecule has 0 aromatic heterocycles. The van der Waals surface area contributed by atoms with Crippen molar-refractivity contribution in [3.63, 3.8) is 0 Å². The third-order valence-corrected chi connectivity index (χ3v) is 4.05. The summed E-state index contributed by atoms with van der Waals surface area (Å²) < 4.78 is 5.49. The summed E-state index contributed by atoms with van der Waals surface area (Å²) in [6.07, 6.45) is 3.93. The quantitative estimate of drug-likeness (QED) is 0.590. The Labute approximate surface area is 129 Å². The molecule has 108 valence electrons. The number of allylic oxidation sites excluding steroid dienone is 1. The van der Waals surface area contributed by atoms with Gasteiger partial charge >= 0.3 is 0 Å². The molecule has 0 aliphatic carbocycles. The highest BCUT2D eigenvalue weighted by molar-refractivity contribution is 7.80. The van der Waals surface area contributed by atoms with Crippen LogP contribution in [0.25, 0.3) is 6.08 Å². The molecule has 1 aromatic carbocycles. The van der Waals surface area contributed by atoms with Crippen LogP contribution in [-0.4, -0.2) is 29.6 Å². The average Bonchev–Trinajstić information content (AvgIpc) is 2.73. The molecule has 2 aliphatic rings. The van der Waals surface area contributed by atoms with Crippen LogP contribution in [0.15, 0.2) is 35.7 Å². The van der Waals surface area contributed by atoms with E-state index in [0.717, 1.165) is 23.5 Å². The lowest BCUT2D eigenvalue weighted by molar-refractivity contribution is -0.122. The third kappa shape index (κ3) is 2.14. The van der Waals surface area contributed by atoms with E-state index in [1.54, 1.807) is 7.05 Å². The molecule has 2 heterocycles. The van der Waals surface area contributed by atoms with Crippen molar-refractivity contribution >= 4 is 35.1 Å². The van der Waals surface area contributed by atoms with Crippen LogP contribution >= 0.6 is 12.2 Å². The second-order valence-electron chi connectivity index (χ2n) is 5.09. The highest BCUT2D eigenvalue weighted by Crippen LogP contribution is 2.34. The fraction of sp³-hybridized carbons (Fsp3) is 0.250. The first-order valence-corrected chi connectivity index (χ1v) is 7.24. The smallest absolute Gasteiger partial charge is 0.299 e. The number of likely N-dealkylation sites (N-methyl/N-ethyl adjacent to an activating group) is 2. The van der Waals surface area contributed by atoms with Gasteiger partial charge in [0.25, 0.3) is 11.1 Å². The van der Waals surface area contributed by atoms with Gasteiger partial charge in [-0.3, -0.25) is 9.69 Å². The molecule has 21 heavy (non-hydrogen) atoms. The van der Waals surface area contributed by atoms with E-state index >= 15 is 0 Å². The first kappa shape index (κ1) is 13.8. The van der Waals surface area contributed by atoms with Gasteiger partial charge in [0.1, 0.15) is 0 Å². The summed E-state index contributed by atoms with van der Waals surface area (Å²) >= 11 is 5.04. The van der Waals surface area contributed by atoms with E-state index in [2.05, 4.69) is 30.0 Å². The van der Waals surface area contributed by atoms with Gasteiger partial charge in [-0.25, -0.2) is 0 Å². The zero-order valence-electron chi connectivity index (χ0n) is 12.2. The lowest BCUT2D eigenvalue weighted by Gasteiger charge is -2.29. The van der Waals surface area contributed by atoms with Crippen LogP contribution in [0.4, 0.5) is 5.69 Å². The average molecular weight is 300 g/mol. The molecule has 4 nitrogen and oxygen atoms in total. The Kier molecular flexibility index (Phi) is 3.29. The highest BCUT2D eigenvalue weighted by Gasteiger charge is 2.35. The van der Waals surface area contributed by atoms with Gasteiger partial charge < -0.3 is 9.64 Å². The number of hydrogen-bond donors (Lipinski definition) is 0. The van der Waals surface area contributed by atoms with Gasteiger partial charge in [-0.15, -0.1) is 0 Å². The van der Waals surface area contributed by atoms with Crippen molar-refractivity contribution in [3.8, 4) is 0 Å². The van der Waals surface area contributed by atoms with Crippen LogP contribution in [0.3, 0.4) is 0 Å². The Hall–Kier alpha value is -2.14. The van der Waals surface area contributed by atoms with Crippen molar-refractivity contribution < 1.29 is 9.53 Å². The Bertz CT molecular complexity index is 706. The fourth-order valence-corrected chi connectivity index (χ4v) is 2.74. The lowest BCUT2D eigenvalue weighted by Crippen LogP contribution is -2.28. The molecule has 0 unspecified atom stereocenters. The summed E-state index contributed by atoms with van der Waals surface area (Å²) in [5.41, 5.74) is 4.18. The second kappa shape index (κ2) is 5.00. The number of anilines is 1. The lowest BCUT2D eigenvalue weighted by atomic mass is 10.0. The molecule has 5 heteroatoms. The molecule has 0 atom stereocenters. The van der Waals surface area contributed by atoms with Crippen LogP contribution in [0.1, 0.15) is 18.1 Å². The normalized spacial score (nSPS) is 20.9. The standard InChI is InChI=1S/C16H16N2O2S/c1-4-18-12-7-5-10(2)9-11(12)6-8-13(18)14-15(19)17(3)16(21)20-14/h5-9H,4H2,1-3H3. The van der Waals surface area contributed by atoms with Gasteiger partial charge in [0.2, 0.25) is 5.76 Å². The fourth-order valence-electron chi connectivity index (χ4n) is 2.58. The number of nitrogens with zero attached hydrogens (tertiary/aromatic N) is 2. The molecule has 2 aliphatic heterocycles. The number of carbonyl (C=O) groups excluding carboxylic acids is 1. The van der Waals surface area contributed by atoms with Crippen LogP contribution in [0.5, 0.6) is 0 Å². The maximum absolute atomic E-state index is 12.2. The van der Waals surface area contributed by atoms with E-state index in [1.807, 2.05) is 19.1 Å². The Morgan fingerprint density at radius 3 is 2.67 bits per heavy atom. The molecule has 1 saturated heterocycles. The van der Waals surface area contributed by atoms with Gasteiger partial charge in [0.15, 0.2) is 0 Å². The second-order valence-corrected chi connectivity index (χ2v) is 5.44. The van der Waals surface area contributed by atoms with Crippen LogP contribution in [0, 0.1) is 6.92 Å². The van der Waals surface area contributed by atoms with Crippen molar-refractivity contribution in [3.05, 3.63) is 46.9 Å². The first-order chi connectivity index (χ1) is 10.0. The topological polar surface area (TPSA) is 32.8 Å². The molecular weight excluding hydrogens is 284 g/mol. The molecule has 1 amide bonds. The van der Waals surface area contributed by atoms with Gasteiger partial charge in [0, 0.05) is 19.3 Å². The van der Waals surface area contributed by atoms with Crippen molar-refractivity contribution in [2.45, 2.75) is 13.8 Å². The number of thiocarbonyl (C=S) groups is 1. The number of hydrogen-bond acceptors (Lipinski definition) is 4. The summed E-state index contributed by atoms with van der Waals surface area (Å²) in [6.45, 7) is 4.85. The minimum atomic E-state index is -0.200. The summed E-state index contributed by atoms with van der Waals surface area (Å²) in [5.74, 6) is 0.0977. The van der Waals surface area contributed by atoms with E-state index in [9.17, 15) is 4.79 Å². The molecule has 1 fully saturated rings. The minimum Gasteiger partial charge on any atom is -0.423 e. The van der Waals surface area contributed by atoms with Crippen molar-refractivity contribution in [1.82, 2.24) is 4.90 Å². The molecule has 1 aromatic rings. The molecule has 0 spiro atoms. The number of rotatable bonds is 1. The van der Waals surface area contributed by atoms with E-state index in [4.69, 9.17) is 17.0 Å². The molecule has 0 bridgehead atoms. The van der Waals surface area contributed by atoms with Crippen LogP contribution < -0.4 is 4.90 Å². The number of ether oxygens (including phenoxy) is 1. The van der Waals surface area contributed by atoms with Gasteiger partial charge in [-0.1, -0.05) is 17.7 Å². The van der Waals surface area contributed by atoms with Crippen molar-refractivity contribution in [2.24, 2.45) is 0 Å². The third-order valence-electron chi connectivity index (χ3n) is 3.70. The monoisotopic (exact) mass is 300 g/mol. The SMILES string of the molecule is CCN1C(=C2OC(=S)N(C)C2=O)C=Cc2cc(C)ccc21. The van der Waals surface area contributed by atoms with Gasteiger partial charge in [0.05, 0.1) is 5.70 Å². The summed E-state index contributed by atoms with van der Waals surface area (Å²) in [6, 6.07) is 6.26. The number of fused-ring (bicyclic) bond motifs is 1. The zero-order chi connectivity index (χ0) is 15.1. The number of aryl methyl sites for hydroxylation is 1. The van der Waals surface area contributed by atoms with Gasteiger partial charge in [-0.2, -0.15) is 0 Å². The Morgan fingerprint density at radius 2 is 2.05 bits per heavy atom. The Morgan fingerprint density at radius 1 is 1.29 bits per heavy atom.